The fraction of sp³-hybridized carbons (Fsp3) is 0.286. The van der Waals surface area contributed by atoms with E-state index < -0.39 is 0 Å². The summed E-state index contributed by atoms with van der Waals surface area (Å²) >= 11 is 0. The molecule has 0 spiro atoms. The molecule has 0 bridgehead atoms. The normalized spacial score (nSPS) is 12.3. The lowest BCUT2D eigenvalue weighted by Crippen LogP contribution is -2.37. The SMILES string of the molecule is CC[C@@H](CO)NC(=O)c1ccc2ccccc2n1. The van der Waals surface area contributed by atoms with Crippen LogP contribution in [0.15, 0.2) is 36.4 Å². The lowest BCUT2D eigenvalue weighted by atomic mass is 10.2. The van der Waals surface area contributed by atoms with Crippen molar-refractivity contribution in [2.24, 2.45) is 0 Å². The van der Waals surface area contributed by atoms with Gasteiger partial charge < -0.3 is 10.4 Å². The molecule has 4 heteroatoms. The molecule has 1 aromatic heterocycles. The van der Waals surface area contributed by atoms with Gasteiger partial charge in [0.1, 0.15) is 5.69 Å². The van der Waals surface area contributed by atoms with Gasteiger partial charge in [0.2, 0.25) is 0 Å². The topological polar surface area (TPSA) is 62.2 Å². The number of carbonyl (C=O) groups excluding carboxylic acids is 1. The maximum Gasteiger partial charge on any atom is 0.270 e. The molecule has 0 unspecified atom stereocenters. The zero-order valence-electron chi connectivity index (χ0n) is 10.3. The lowest BCUT2D eigenvalue weighted by Gasteiger charge is -2.13. The fourth-order valence-corrected chi connectivity index (χ4v) is 1.73. The van der Waals surface area contributed by atoms with Gasteiger partial charge in [0, 0.05) is 5.39 Å². The van der Waals surface area contributed by atoms with Crippen molar-refractivity contribution in [3.63, 3.8) is 0 Å². The minimum Gasteiger partial charge on any atom is -0.394 e. The summed E-state index contributed by atoms with van der Waals surface area (Å²) in [4.78, 5) is 16.2. The zero-order valence-corrected chi connectivity index (χ0v) is 10.3. The highest BCUT2D eigenvalue weighted by Crippen LogP contribution is 2.11. The molecule has 0 aliphatic rings. The number of amides is 1. The number of nitrogens with zero attached hydrogens (tertiary/aromatic N) is 1. The highest BCUT2D eigenvalue weighted by atomic mass is 16.3. The zero-order chi connectivity index (χ0) is 13.0. The second kappa shape index (κ2) is 5.60. The predicted octanol–water partition coefficient (Wildman–Crippen LogP) is 1.74. The van der Waals surface area contributed by atoms with Crippen LogP contribution in [0.2, 0.25) is 0 Å². The standard InChI is InChI=1S/C14H16N2O2/c1-2-11(9-17)15-14(18)13-8-7-10-5-3-4-6-12(10)16-13/h3-8,11,17H,2,9H2,1H3,(H,15,18)/t11-/m0/s1. The van der Waals surface area contributed by atoms with Gasteiger partial charge in [0.25, 0.3) is 5.91 Å². The lowest BCUT2D eigenvalue weighted by molar-refractivity contribution is 0.0910. The van der Waals surface area contributed by atoms with E-state index in [0.29, 0.717) is 12.1 Å². The van der Waals surface area contributed by atoms with Crippen LogP contribution in [0, 0.1) is 0 Å². The van der Waals surface area contributed by atoms with Crippen molar-refractivity contribution in [1.29, 1.82) is 0 Å². The minimum absolute atomic E-state index is 0.0597. The smallest absolute Gasteiger partial charge is 0.270 e. The summed E-state index contributed by atoms with van der Waals surface area (Å²) < 4.78 is 0. The second-order valence-corrected chi connectivity index (χ2v) is 4.15. The summed E-state index contributed by atoms with van der Waals surface area (Å²) in [6.07, 6.45) is 0.690. The first kappa shape index (κ1) is 12.5. The van der Waals surface area contributed by atoms with Crippen molar-refractivity contribution in [3.05, 3.63) is 42.1 Å². The fourth-order valence-electron chi connectivity index (χ4n) is 1.73. The Morgan fingerprint density at radius 3 is 2.83 bits per heavy atom. The quantitative estimate of drug-likeness (QED) is 0.861. The third-order valence-electron chi connectivity index (χ3n) is 2.88. The van der Waals surface area contributed by atoms with Crippen LogP contribution in [0.4, 0.5) is 0 Å². The van der Waals surface area contributed by atoms with E-state index in [-0.39, 0.29) is 18.6 Å². The van der Waals surface area contributed by atoms with Gasteiger partial charge in [0.05, 0.1) is 18.2 Å². The molecule has 1 heterocycles. The van der Waals surface area contributed by atoms with Gasteiger partial charge in [-0.3, -0.25) is 4.79 Å². The summed E-state index contributed by atoms with van der Waals surface area (Å²) in [5, 5.41) is 12.8. The van der Waals surface area contributed by atoms with Crippen LogP contribution in [-0.4, -0.2) is 28.6 Å². The molecular formula is C14H16N2O2. The van der Waals surface area contributed by atoms with Crippen LogP contribution in [0.25, 0.3) is 10.9 Å². The molecule has 0 saturated heterocycles. The van der Waals surface area contributed by atoms with Gasteiger partial charge in [-0.05, 0) is 18.6 Å². The number of benzene rings is 1. The Bertz CT molecular complexity index is 550. The van der Waals surface area contributed by atoms with E-state index >= 15 is 0 Å². The number of aromatic nitrogens is 1. The van der Waals surface area contributed by atoms with Gasteiger partial charge in [0.15, 0.2) is 0 Å². The summed E-state index contributed by atoms with van der Waals surface area (Å²) in [7, 11) is 0. The van der Waals surface area contributed by atoms with Gasteiger partial charge in [-0.1, -0.05) is 31.2 Å². The summed E-state index contributed by atoms with van der Waals surface area (Å²) in [6.45, 7) is 1.85. The van der Waals surface area contributed by atoms with Crippen molar-refractivity contribution < 1.29 is 9.90 Å². The number of hydrogen-bond donors (Lipinski definition) is 2. The Hall–Kier alpha value is -1.94. The molecule has 0 saturated carbocycles. The summed E-state index contributed by atoms with van der Waals surface area (Å²) in [6, 6.07) is 11.0. The summed E-state index contributed by atoms with van der Waals surface area (Å²) in [5.74, 6) is -0.248. The van der Waals surface area contributed by atoms with Crippen LogP contribution in [-0.2, 0) is 0 Å². The van der Waals surface area contributed by atoms with Crippen molar-refractivity contribution in [1.82, 2.24) is 10.3 Å². The Morgan fingerprint density at radius 1 is 1.33 bits per heavy atom. The van der Waals surface area contributed by atoms with E-state index in [1.807, 2.05) is 37.3 Å². The number of nitrogens with one attached hydrogen (secondary N) is 1. The monoisotopic (exact) mass is 244 g/mol. The second-order valence-electron chi connectivity index (χ2n) is 4.15. The van der Waals surface area contributed by atoms with E-state index in [9.17, 15) is 4.79 Å². The largest absolute Gasteiger partial charge is 0.394 e. The van der Waals surface area contributed by atoms with E-state index in [1.54, 1.807) is 6.07 Å². The third kappa shape index (κ3) is 2.65. The Kier molecular flexibility index (Phi) is 3.89. The molecule has 94 valence electrons. The maximum atomic E-state index is 11.9. The Balaban J connectivity index is 2.22. The molecule has 1 aromatic carbocycles. The highest BCUT2D eigenvalue weighted by molar-refractivity contribution is 5.95. The molecule has 2 aromatic rings. The molecule has 1 atom stereocenters. The van der Waals surface area contributed by atoms with E-state index in [4.69, 9.17) is 5.11 Å². The average molecular weight is 244 g/mol. The van der Waals surface area contributed by atoms with Gasteiger partial charge in [-0.15, -0.1) is 0 Å². The van der Waals surface area contributed by atoms with Gasteiger partial charge in [-0.2, -0.15) is 0 Å². The minimum atomic E-state index is -0.248. The van der Waals surface area contributed by atoms with E-state index in [0.717, 1.165) is 10.9 Å². The maximum absolute atomic E-state index is 11.9. The van der Waals surface area contributed by atoms with Crippen molar-refractivity contribution in [2.45, 2.75) is 19.4 Å². The Labute approximate surface area is 106 Å². The molecular weight excluding hydrogens is 228 g/mol. The number of carbonyl (C=O) groups is 1. The number of hydrogen-bond acceptors (Lipinski definition) is 3. The number of aliphatic hydroxyl groups is 1. The molecule has 0 radical (unpaired) electrons. The van der Waals surface area contributed by atoms with Crippen molar-refractivity contribution in [3.8, 4) is 0 Å². The molecule has 0 aliphatic heterocycles. The molecule has 4 nitrogen and oxygen atoms in total. The van der Waals surface area contributed by atoms with Crippen LogP contribution in [0.1, 0.15) is 23.8 Å². The first-order valence-corrected chi connectivity index (χ1v) is 6.02. The predicted molar refractivity (Wildman–Crippen MR) is 70.4 cm³/mol. The molecule has 2 N–H and O–H groups in total. The van der Waals surface area contributed by atoms with E-state index in [2.05, 4.69) is 10.3 Å². The average Bonchev–Trinajstić information content (AvgIpc) is 2.44. The first-order valence-electron chi connectivity index (χ1n) is 6.02. The van der Waals surface area contributed by atoms with Gasteiger partial charge >= 0.3 is 0 Å². The third-order valence-corrected chi connectivity index (χ3v) is 2.88. The van der Waals surface area contributed by atoms with Crippen molar-refractivity contribution in [2.75, 3.05) is 6.61 Å². The Morgan fingerprint density at radius 2 is 2.11 bits per heavy atom. The van der Waals surface area contributed by atoms with Crippen molar-refractivity contribution >= 4 is 16.8 Å². The molecule has 1 amide bonds. The van der Waals surface area contributed by atoms with Crippen LogP contribution >= 0.6 is 0 Å². The number of pyridine rings is 1. The van der Waals surface area contributed by atoms with Crippen LogP contribution in [0.5, 0.6) is 0 Å². The number of fused-ring (bicyclic) bond motifs is 1. The van der Waals surface area contributed by atoms with Crippen LogP contribution in [0.3, 0.4) is 0 Å². The van der Waals surface area contributed by atoms with Crippen LogP contribution < -0.4 is 5.32 Å². The molecule has 2 rings (SSSR count). The number of aliphatic hydroxyl groups excluding tert-OH is 1. The molecule has 18 heavy (non-hydrogen) atoms. The number of para-hydroxylation sites is 1. The highest BCUT2D eigenvalue weighted by Gasteiger charge is 2.12. The van der Waals surface area contributed by atoms with E-state index in [1.165, 1.54) is 0 Å². The summed E-state index contributed by atoms with van der Waals surface area (Å²) in [5.41, 5.74) is 1.17. The molecule has 0 fully saturated rings. The number of rotatable bonds is 4. The van der Waals surface area contributed by atoms with Gasteiger partial charge in [-0.25, -0.2) is 4.98 Å². The molecule has 0 aliphatic carbocycles. The first-order chi connectivity index (χ1) is 8.74.